The molecule has 0 bridgehead atoms. The van der Waals surface area contributed by atoms with E-state index in [-0.39, 0.29) is 42.0 Å². The molecule has 2 fully saturated rings. The number of fused-ring (bicyclic) bond motifs is 1. The van der Waals surface area contributed by atoms with Crippen molar-refractivity contribution in [2.24, 2.45) is 5.73 Å². The van der Waals surface area contributed by atoms with Crippen LogP contribution < -0.4 is 21.7 Å². The average Bonchev–Trinajstić information content (AvgIpc) is 3.56. The summed E-state index contributed by atoms with van der Waals surface area (Å²) in [5.74, 6) is -0.469. The number of carbonyl (C=O) groups excluding carboxylic acids is 1. The molecule has 2 aliphatic heterocycles. The molecule has 0 unspecified atom stereocenters. The molecule has 1 aromatic heterocycles. The average molecular weight is 588 g/mol. The topological polar surface area (TPSA) is 144 Å². The van der Waals surface area contributed by atoms with Gasteiger partial charge in [-0.05, 0) is 50.0 Å². The second-order valence-corrected chi connectivity index (χ2v) is 12.6. The van der Waals surface area contributed by atoms with Gasteiger partial charge in [-0.3, -0.25) is 4.68 Å². The Balaban J connectivity index is 0.00000400. The number of sulfone groups is 1. The van der Waals surface area contributed by atoms with Gasteiger partial charge in [-0.2, -0.15) is 11.8 Å². The number of thioether (sulfide) groups is 1. The molecule has 3 atom stereocenters. The number of benzene rings is 1. The van der Waals surface area contributed by atoms with Gasteiger partial charge in [-0.25, -0.2) is 17.6 Å². The van der Waals surface area contributed by atoms with Crippen molar-refractivity contribution in [3.8, 4) is 0 Å². The Bertz CT molecular complexity index is 1210. The quantitative estimate of drug-likeness (QED) is 0.195. The second-order valence-electron chi connectivity index (χ2n) is 9.29. The Labute approximate surface area is 233 Å². The fraction of sp³-hybridized carbons (Fsp3) is 0.542. The summed E-state index contributed by atoms with van der Waals surface area (Å²) in [4.78, 5) is 11.6. The molecular weight excluding hydrogens is 553 g/mol. The highest BCUT2D eigenvalue weighted by atomic mass is 35.5. The van der Waals surface area contributed by atoms with E-state index >= 15 is 0 Å². The van der Waals surface area contributed by atoms with Crippen LogP contribution in [0, 0.1) is 0 Å². The van der Waals surface area contributed by atoms with E-state index in [1.807, 2.05) is 22.6 Å². The van der Waals surface area contributed by atoms with Gasteiger partial charge in [0, 0.05) is 42.5 Å². The molecule has 2 aliphatic rings. The minimum atomic E-state index is -3.78. The first-order valence-corrected chi connectivity index (χ1v) is 15.2. The van der Waals surface area contributed by atoms with Gasteiger partial charge in [-0.15, -0.1) is 17.5 Å². The Morgan fingerprint density at radius 3 is 2.95 bits per heavy atom. The lowest BCUT2D eigenvalue weighted by molar-refractivity contribution is 0.247. The number of unbranched alkanes of at least 4 members (excludes halogenated alkanes) is 1. The zero-order valence-corrected chi connectivity index (χ0v) is 23.5. The fourth-order valence-corrected chi connectivity index (χ4v) is 7.36. The first-order chi connectivity index (χ1) is 17.8. The Morgan fingerprint density at radius 2 is 2.13 bits per heavy atom. The minimum Gasteiger partial charge on any atom is -0.385 e. The van der Waals surface area contributed by atoms with Crippen molar-refractivity contribution < 1.29 is 17.6 Å². The lowest BCUT2D eigenvalue weighted by Gasteiger charge is -2.16. The molecule has 10 nitrogen and oxygen atoms in total. The van der Waals surface area contributed by atoms with Crippen LogP contribution in [0.15, 0.2) is 47.3 Å². The number of hydrogen-bond acceptors (Lipinski definition) is 8. The molecule has 0 saturated carbocycles. The van der Waals surface area contributed by atoms with Crippen LogP contribution in [-0.4, -0.2) is 71.4 Å². The van der Waals surface area contributed by atoms with Crippen LogP contribution in [0.3, 0.4) is 0 Å². The van der Waals surface area contributed by atoms with Gasteiger partial charge in [0.1, 0.15) is 11.6 Å². The molecule has 2 amide bonds. The van der Waals surface area contributed by atoms with Crippen molar-refractivity contribution >= 4 is 45.7 Å². The minimum absolute atomic E-state index is 0. The number of nitrogens with zero attached hydrogens (tertiary/aromatic N) is 3. The zero-order chi connectivity index (χ0) is 26.3. The van der Waals surface area contributed by atoms with E-state index in [1.54, 1.807) is 12.1 Å². The van der Waals surface area contributed by atoms with E-state index in [4.69, 9.17) is 5.73 Å². The molecule has 38 heavy (non-hydrogen) atoms. The Morgan fingerprint density at radius 1 is 1.29 bits per heavy atom. The van der Waals surface area contributed by atoms with Gasteiger partial charge in [-0.1, -0.05) is 17.7 Å². The molecule has 3 heterocycles. The van der Waals surface area contributed by atoms with E-state index in [1.165, 1.54) is 12.1 Å². The predicted molar refractivity (Wildman–Crippen MR) is 150 cm³/mol. The molecule has 210 valence electrons. The van der Waals surface area contributed by atoms with Crippen molar-refractivity contribution in [3.05, 3.63) is 48.1 Å². The van der Waals surface area contributed by atoms with E-state index in [0.29, 0.717) is 17.5 Å². The van der Waals surface area contributed by atoms with E-state index in [9.17, 15) is 17.6 Å². The number of nitrogens with two attached hydrogens (primary N) is 1. The van der Waals surface area contributed by atoms with Crippen molar-refractivity contribution in [1.29, 1.82) is 0 Å². The number of amides is 2. The molecule has 1 aromatic carbocycles. The third-order valence-electron chi connectivity index (χ3n) is 6.45. The molecule has 2 saturated heterocycles. The highest BCUT2D eigenvalue weighted by Crippen LogP contribution is 2.33. The second kappa shape index (κ2) is 14.2. The molecule has 0 aliphatic carbocycles. The number of anilines is 1. The Kier molecular flexibility index (Phi) is 11.2. The monoisotopic (exact) mass is 587 g/mol. The molecule has 2 aromatic rings. The summed E-state index contributed by atoms with van der Waals surface area (Å²) in [6, 6.07) is 6.86. The molecule has 4 rings (SSSR count). The van der Waals surface area contributed by atoms with Crippen LogP contribution >= 0.6 is 24.2 Å². The highest BCUT2D eigenvalue weighted by Gasteiger charge is 2.42. The van der Waals surface area contributed by atoms with Crippen LogP contribution in [0.25, 0.3) is 0 Å². The van der Waals surface area contributed by atoms with Gasteiger partial charge < -0.3 is 21.7 Å². The first kappa shape index (κ1) is 30.2. The maximum atomic E-state index is 13.7. The number of carbonyl (C=O) groups is 1. The van der Waals surface area contributed by atoms with E-state index < -0.39 is 21.4 Å². The van der Waals surface area contributed by atoms with E-state index in [2.05, 4.69) is 26.3 Å². The maximum absolute atomic E-state index is 13.7. The van der Waals surface area contributed by atoms with Gasteiger partial charge in [0.2, 0.25) is 0 Å². The zero-order valence-electron chi connectivity index (χ0n) is 21.0. The van der Waals surface area contributed by atoms with Gasteiger partial charge in [0.25, 0.3) is 0 Å². The summed E-state index contributed by atoms with van der Waals surface area (Å²) >= 11 is 1.93. The number of rotatable bonds is 14. The van der Waals surface area contributed by atoms with Crippen molar-refractivity contribution in [3.63, 3.8) is 0 Å². The van der Waals surface area contributed by atoms with E-state index in [0.717, 1.165) is 56.2 Å². The third kappa shape index (κ3) is 8.32. The normalized spacial score (nSPS) is 20.9. The predicted octanol–water partition coefficient (Wildman–Crippen LogP) is 2.67. The molecular formula is C24H35ClFN7O3S2. The number of hydrogen-bond donors (Lipinski definition) is 4. The fourth-order valence-electron chi connectivity index (χ4n) is 4.58. The summed E-state index contributed by atoms with van der Waals surface area (Å²) in [5, 5.41) is 18.2. The molecule has 0 spiro atoms. The largest absolute Gasteiger partial charge is 0.385 e. The number of urea groups is 1. The van der Waals surface area contributed by atoms with Gasteiger partial charge in [0.05, 0.1) is 22.7 Å². The lowest BCUT2D eigenvalue weighted by atomic mass is 10.0. The van der Waals surface area contributed by atoms with Gasteiger partial charge >= 0.3 is 6.03 Å². The summed E-state index contributed by atoms with van der Waals surface area (Å²) in [6.45, 7) is 1.39. The number of halogens is 2. The summed E-state index contributed by atoms with van der Waals surface area (Å²) in [7, 11) is -3.78. The highest BCUT2D eigenvalue weighted by molar-refractivity contribution is 8.00. The first-order valence-electron chi connectivity index (χ1n) is 12.5. The lowest BCUT2D eigenvalue weighted by Crippen LogP contribution is -2.36. The summed E-state index contributed by atoms with van der Waals surface area (Å²) in [6.07, 6.45) is 7.72. The Hall–Kier alpha value is -2.35. The molecule has 5 N–H and O–H groups in total. The van der Waals surface area contributed by atoms with Crippen LogP contribution in [0.4, 0.5) is 14.9 Å². The van der Waals surface area contributed by atoms with Crippen LogP contribution in [0.5, 0.6) is 0 Å². The third-order valence-corrected chi connectivity index (χ3v) is 9.59. The number of aromatic nitrogens is 3. The molecule has 0 radical (unpaired) electrons. The standard InChI is InChI=1S/C24H34FN7O3S2.ClH/c25-17(9-10-26)16-37(34,35)20-7-3-5-18(13-20)27-11-4-6-19-14-32(31-30-19)12-2-1-8-22-23-21(15-36-22)28-24(33)29-23;/h3,5,7,9,13-14,21-23,27H,1-2,4,6,8,10-12,15-16,26H2,(H2,28,29,33);1H/b17-9-;/t21-,22-,23-;/m0./s1. The summed E-state index contributed by atoms with van der Waals surface area (Å²) < 4.78 is 40.4. The van der Waals surface area contributed by atoms with Crippen LogP contribution in [0.1, 0.15) is 31.4 Å². The smallest absolute Gasteiger partial charge is 0.315 e. The molecule has 14 heteroatoms. The van der Waals surface area contributed by atoms with Crippen molar-refractivity contribution in [2.45, 2.75) is 60.9 Å². The number of nitrogens with one attached hydrogen (secondary N) is 3. The SMILES string of the molecule is Cl.NC/C=C(\F)CS(=O)(=O)c1cccc(NCCCc2cn(CCCC[C@@H]3SC[C@@H]4NC(=O)N[C@@H]43)nn2)c1. The van der Waals surface area contributed by atoms with Crippen LogP contribution in [0.2, 0.25) is 0 Å². The van der Waals surface area contributed by atoms with Crippen molar-refractivity contribution in [1.82, 2.24) is 25.6 Å². The van der Waals surface area contributed by atoms with Gasteiger partial charge in [0.15, 0.2) is 9.84 Å². The number of aryl methyl sites for hydroxylation is 2. The summed E-state index contributed by atoms with van der Waals surface area (Å²) in [5.41, 5.74) is 6.82. The van der Waals surface area contributed by atoms with Crippen LogP contribution in [-0.2, 0) is 22.8 Å². The van der Waals surface area contributed by atoms with Crippen molar-refractivity contribution in [2.75, 3.05) is 29.9 Å². The maximum Gasteiger partial charge on any atom is 0.315 e.